The average Bonchev–Trinajstić information content (AvgIpc) is 2.59. The Kier molecular flexibility index (Phi) is 7.29. The molecule has 0 atom stereocenters. The number of piperidine rings is 1. The fraction of sp³-hybridized carbons (Fsp3) is 0.842. The largest absolute Gasteiger partial charge is 0.348 e. The molecule has 1 saturated heterocycles. The highest BCUT2D eigenvalue weighted by atomic mass is 16.2. The molecule has 0 bridgehead atoms. The first kappa shape index (κ1) is 20.5. The SMILES string of the molecule is CC(C)(C)NC(=O)N1CCC(CNC(=O)C(=O)NC2CCCCC2)CC1. The van der Waals surface area contributed by atoms with Crippen molar-refractivity contribution in [3.05, 3.63) is 0 Å². The van der Waals surface area contributed by atoms with Crippen molar-refractivity contribution < 1.29 is 14.4 Å². The molecule has 2 rings (SSSR count). The Morgan fingerprint density at radius 1 is 0.923 bits per heavy atom. The molecule has 0 radical (unpaired) electrons. The number of likely N-dealkylation sites (tertiary alicyclic amines) is 1. The topological polar surface area (TPSA) is 90.5 Å². The number of carbonyl (C=O) groups excluding carboxylic acids is 3. The second-order valence-corrected chi connectivity index (χ2v) is 8.63. The van der Waals surface area contributed by atoms with Crippen LogP contribution in [0.15, 0.2) is 0 Å². The van der Waals surface area contributed by atoms with Crippen molar-refractivity contribution in [1.29, 1.82) is 0 Å². The molecule has 0 spiro atoms. The highest BCUT2D eigenvalue weighted by Crippen LogP contribution is 2.18. The van der Waals surface area contributed by atoms with Crippen LogP contribution in [0.1, 0.15) is 65.7 Å². The third kappa shape index (κ3) is 6.84. The maximum Gasteiger partial charge on any atom is 0.317 e. The first-order chi connectivity index (χ1) is 12.2. The number of hydrogen-bond acceptors (Lipinski definition) is 3. The van der Waals surface area contributed by atoms with Gasteiger partial charge in [0.05, 0.1) is 0 Å². The van der Waals surface area contributed by atoms with E-state index in [0.29, 0.717) is 25.6 Å². The Morgan fingerprint density at radius 2 is 1.54 bits per heavy atom. The number of nitrogens with zero attached hydrogens (tertiary/aromatic N) is 1. The van der Waals surface area contributed by atoms with E-state index >= 15 is 0 Å². The Hall–Kier alpha value is -1.79. The van der Waals surface area contributed by atoms with E-state index in [4.69, 9.17) is 0 Å². The molecule has 148 valence electrons. The van der Waals surface area contributed by atoms with Crippen LogP contribution in [0.2, 0.25) is 0 Å². The second kappa shape index (κ2) is 9.24. The Balaban J connectivity index is 1.65. The fourth-order valence-electron chi connectivity index (χ4n) is 3.56. The van der Waals surface area contributed by atoms with Gasteiger partial charge in [-0.2, -0.15) is 0 Å². The lowest BCUT2D eigenvalue weighted by molar-refractivity contribution is -0.139. The first-order valence-electron chi connectivity index (χ1n) is 9.90. The van der Waals surface area contributed by atoms with Gasteiger partial charge in [0.2, 0.25) is 0 Å². The summed E-state index contributed by atoms with van der Waals surface area (Å²) in [6.07, 6.45) is 7.05. The van der Waals surface area contributed by atoms with Crippen molar-refractivity contribution in [2.45, 2.75) is 77.3 Å². The number of hydrogen-bond donors (Lipinski definition) is 3. The monoisotopic (exact) mass is 366 g/mol. The van der Waals surface area contributed by atoms with Gasteiger partial charge in [0.1, 0.15) is 0 Å². The highest BCUT2D eigenvalue weighted by Gasteiger charge is 2.26. The van der Waals surface area contributed by atoms with Gasteiger partial charge in [0.25, 0.3) is 0 Å². The van der Waals surface area contributed by atoms with Gasteiger partial charge in [-0.05, 0) is 52.4 Å². The van der Waals surface area contributed by atoms with Crippen LogP contribution in [0, 0.1) is 5.92 Å². The molecule has 7 heteroatoms. The summed E-state index contributed by atoms with van der Waals surface area (Å²) in [6.45, 7) is 7.74. The molecule has 3 N–H and O–H groups in total. The van der Waals surface area contributed by atoms with E-state index in [2.05, 4.69) is 16.0 Å². The molecule has 0 aromatic rings. The molecule has 1 heterocycles. The van der Waals surface area contributed by atoms with Crippen LogP contribution >= 0.6 is 0 Å². The summed E-state index contributed by atoms with van der Waals surface area (Å²) < 4.78 is 0. The standard InChI is InChI=1S/C19H34N4O3/c1-19(2,3)22-18(26)23-11-9-14(10-12-23)13-20-16(24)17(25)21-15-7-5-4-6-8-15/h14-15H,4-13H2,1-3H3,(H,20,24)(H,21,25)(H,22,26). The van der Waals surface area contributed by atoms with Gasteiger partial charge >= 0.3 is 17.8 Å². The minimum atomic E-state index is -0.538. The van der Waals surface area contributed by atoms with E-state index in [0.717, 1.165) is 38.5 Å². The van der Waals surface area contributed by atoms with E-state index < -0.39 is 11.8 Å². The molecule has 0 unspecified atom stereocenters. The van der Waals surface area contributed by atoms with E-state index in [9.17, 15) is 14.4 Å². The molecule has 2 fully saturated rings. The van der Waals surface area contributed by atoms with Gasteiger partial charge < -0.3 is 20.9 Å². The average molecular weight is 367 g/mol. The summed E-state index contributed by atoms with van der Waals surface area (Å²) in [5.74, 6) is -0.748. The first-order valence-corrected chi connectivity index (χ1v) is 9.90. The van der Waals surface area contributed by atoms with Crippen molar-refractivity contribution in [1.82, 2.24) is 20.9 Å². The van der Waals surface area contributed by atoms with Gasteiger partial charge in [0.15, 0.2) is 0 Å². The van der Waals surface area contributed by atoms with Crippen LogP contribution in [0.4, 0.5) is 4.79 Å². The summed E-state index contributed by atoms with van der Waals surface area (Å²) in [6, 6.07) is 0.110. The predicted octanol–water partition coefficient (Wildman–Crippen LogP) is 1.77. The Morgan fingerprint density at radius 3 is 2.12 bits per heavy atom. The number of carbonyl (C=O) groups is 3. The Labute approximate surface area is 156 Å². The number of nitrogens with one attached hydrogen (secondary N) is 3. The number of rotatable bonds is 3. The molecule has 4 amide bonds. The van der Waals surface area contributed by atoms with Gasteiger partial charge in [-0.25, -0.2) is 4.79 Å². The van der Waals surface area contributed by atoms with Crippen molar-refractivity contribution >= 4 is 17.8 Å². The van der Waals surface area contributed by atoms with Gasteiger partial charge in [0, 0.05) is 31.2 Å². The van der Waals surface area contributed by atoms with Crippen LogP contribution in [0.3, 0.4) is 0 Å². The predicted molar refractivity (Wildman–Crippen MR) is 101 cm³/mol. The molecule has 7 nitrogen and oxygen atoms in total. The third-order valence-electron chi connectivity index (χ3n) is 5.08. The summed E-state index contributed by atoms with van der Waals surface area (Å²) in [7, 11) is 0. The minimum Gasteiger partial charge on any atom is -0.348 e. The van der Waals surface area contributed by atoms with Gasteiger partial charge in [-0.15, -0.1) is 0 Å². The lowest BCUT2D eigenvalue weighted by Gasteiger charge is -2.34. The van der Waals surface area contributed by atoms with Crippen LogP contribution in [-0.2, 0) is 9.59 Å². The molecule has 2 aliphatic rings. The number of amides is 4. The molecule has 1 aliphatic heterocycles. The molecule has 0 aromatic carbocycles. The van der Waals surface area contributed by atoms with E-state index in [1.807, 2.05) is 25.7 Å². The van der Waals surface area contributed by atoms with Crippen molar-refractivity contribution in [2.24, 2.45) is 5.92 Å². The summed E-state index contributed by atoms with van der Waals surface area (Å²) >= 11 is 0. The zero-order valence-electron chi connectivity index (χ0n) is 16.4. The quantitative estimate of drug-likeness (QED) is 0.665. The molecular weight excluding hydrogens is 332 g/mol. The molecule has 0 aromatic heterocycles. The highest BCUT2D eigenvalue weighted by molar-refractivity contribution is 6.35. The zero-order valence-corrected chi connectivity index (χ0v) is 16.4. The second-order valence-electron chi connectivity index (χ2n) is 8.63. The van der Waals surface area contributed by atoms with Crippen molar-refractivity contribution in [3.8, 4) is 0 Å². The maximum atomic E-state index is 12.2. The maximum absolute atomic E-state index is 12.2. The van der Waals surface area contributed by atoms with E-state index in [1.165, 1.54) is 6.42 Å². The van der Waals surface area contributed by atoms with Crippen molar-refractivity contribution in [2.75, 3.05) is 19.6 Å². The van der Waals surface area contributed by atoms with Crippen LogP contribution in [0.25, 0.3) is 0 Å². The summed E-state index contributed by atoms with van der Waals surface area (Å²) in [4.78, 5) is 37.9. The number of urea groups is 1. The fourth-order valence-corrected chi connectivity index (χ4v) is 3.56. The van der Waals surface area contributed by atoms with Crippen LogP contribution in [0.5, 0.6) is 0 Å². The molecular formula is C19H34N4O3. The molecule has 1 saturated carbocycles. The van der Waals surface area contributed by atoms with Crippen LogP contribution in [-0.4, -0.2) is 54.0 Å². The van der Waals surface area contributed by atoms with E-state index in [1.54, 1.807) is 0 Å². The molecule has 1 aliphatic carbocycles. The van der Waals surface area contributed by atoms with Crippen molar-refractivity contribution in [3.63, 3.8) is 0 Å². The van der Waals surface area contributed by atoms with E-state index in [-0.39, 0.29) is 17.6 Å². The normalized spacial score (nSPS) is 19.7. The smallest absolute Gasteiger partial charge is 0.317 e. The lowest BCUT2D eigenvalue weighted by atomic mass is 9.95. The van der Waals surface area contributed by atoms with Gasteiger partial charge in [-0.3, -0.25) is 9.59 Å². The lowest BCUT2D eigenvalue weighted by Crippen LogP contribution is -2.51. The minimum absolute atomic E-state index is 0.0353. The molecule has 26 heavy (non-hydrogen) atoms. The zero-order chi connectivity index (χ0) is 19.2. The summed E-state index contributed by atoms with van der Waals surface area (Å²) in [5, 5.41) is 8.56. The Bertz CT molecular complexity index is 501. The van der Waals surface area contributed by atoms with Crippen LogP contribution < -0.4 is 16.0 Å². The van der Waals surface area contributed by atoms with Gasteiger partial charge in [-0.1, -0.05) is 19.3 Å². The third-order valence-corrected chi connectivity index (χ3v) is 5.08. The summed E-state index contributed by atoms with van der Waals surface area (Å²) in [5.41, 5.74) is -0.242.